The fourth-order valence-corrected chi connectivity index (χ4v) is 3.12. The van der Waals surface area contributed by atoms with Gasteiger partial charge in [-0.25, -0.2) is 14.6 Å². The standard InChI is InChI=1S/C21H21N9O/c1-14(10-30-13-23-12-26-30)31-20-6-16(4-5-17(20)7-22)18-8-25-21(9-24-18)27-19-11-29(3)28-15(19)2/h4-6,8-9,11-14H,10H2,1-3H3,(H,25,27). The number of benzene rings is 1. The maximum absolute atomic E-state index is 9.45. The molecule has 31 heavy (non-hydrogen) atoms. The van der Waals surface area contributed by atoms with E-state index in [1.54, 1.807) is 40.2 Å². The fraction of sp³-hybridized carbons (Fsp3) is 0.238. The smallest absolute Gasteiger partial charge is 0.149 e. The molecule has 3 heterocycles. The fourth-order valence-electron chi connectivity index (χ4n) is 3.12. The van der Waals surface area contributed by atoms with Gasteiger partial charge in [-0.15, -0.1) is 0 Å². The van der Waals surface area contributed by atoms with Gasteiger partial charge in [-0.3, -0.25) is 9.67 Å². The van der Waals surface area contributed by atoms with Gasteiger partial charge in [0.05, 0.1) is 41.6 Å². The molecule has 156 valence electrons. The molecule has 10 nitrogen and oxygen atoms in total. The summed E-state index contributed by atoms with van der Waals surface area (Å²) in [4.78, 5) is 12.9. The zero-order chi connectivity index (χ0) is 21.8. The molecule has 0 bridgehead atoms. The molecule has 1 atom stereocenters. The van der Waals surface area contributed by atoms with Crippen molar-refractivity contribution in [3.63, 3.8) is 0 Å². The monoisotopic (exact) mass is 415 g/mol. The van der Waals surface area contributed by atoms with Crippen molar-refractivity contribution >= 4 is 11.5 Å². The van der Waals surface area contributed by atoms with Crippen molar-refractivity contribution in [1.82, 2.24) is 34.5 Å². The van der Waals surface area contributed by atoms with Crippen LogP contribution in [0.2, 0.25) is 0 Å². The van der Waals surface area contributed by atoms with Crippen LogP contribution >= 0.6 is 0 Å². The van der Waals surface area contributed by atoms with Gasteiger partial charge in [0.2, 0.25) is 0 Å². The van der Waals surface area contributed by atoms with Crippen LogP contribution in [0.3, 0.4) is 0 Å². The van der Waals surface area contributed by atoms with Crippen LogP contribution in [0.15, 0.2) is 49.4 Å². The number of ether oxygens (including phenoxy) is 1. The molecule has 0 amide bonds. The summed E-state index contributed by atoms with van der Waals surface area (Å²) in [6, 6.07) is 7.52. The normalized spacial score (nSPS) is 11.7. The van der Waals surface area contributed by atoms with Crippen molar-refractivity contribution in [1.29, 1.82) is 5.26 Å². The van der Waals surface area contributed by atoms with Gasteiger partial charge in [-0.2, -0.15) is 15.5 Å². The predicted molar refractivity (Wildman–Crippen MR) is 114 cm³/mol. The number of rotatable bonds is 7. The van der Waals surface area contributed by atoms with Crippen LogP contribution in [0.1, 0.15) is 18.2 Å². The molecule has 0 fully saturated rings. The molecule has 1 unspecified atom stereocenters. The van der Waals surface area contributed by atoms with E-state index in [0.717, 1.165) is 16.9 Å². The second kappa shape index (κ2) is 8.62. The Hall–Kier alpha value is -4.26. The molecule has 0 aliphatic rings. The largest absolute Gasteiger partial charge is 0.487 e. The molecular weight excluding hydrogens is 394 g/mol. The lowest BCUT2D eigenvalue weighted by atomic mass is 10.1. The van der Waals surface area contributed by atoms with Crippen LogP contribution < -0.4 is 10.1 Å². The third kappa shape index (κ3) is 4.67. The van der Waals surface area contributed by atoms with Gasteiger partial charge in [0, 0.05) is 18.8 Å². The summed E-state index contributed by atoms with van der Waals surface area (Å²) in [6.45, 7) is 4.35. The van der Waals surface area contributed by atoms with Crippen LogP contribution in [0.4, 0.5) is 11.5 Å². The summed E-state index contributed by atoms with van der Waals surface area (Å²) >= 11 is 0. The number of nitriles is 1. The molecule has 0 saturated carbocycles. The van der Waals surface area contributed by atoms with Crippen LogP contribution in [0.25, 0.3) is 11.3 Å². The Morgan fingerprint density at radius 1 is 1.26 bits per heavy atom. The minimum Gasteiger partial charge on any atom is -0.487 e. The first-order valence-corrected chi connectivity index (χ1v) is 9.64. The van der Waals surface area contributed by atoms with E-state index in [-0.39, 0.29) is 6.10 Å². The Morgan fingerprint density at radius 2 is 2.13 bits per heavy atom. The highest BCUT2D eigenvalue weighted by Gasteiger charge is 2.13. The predicted octanol–water partition coefficient (Wildman–Crippen LogP) is 2.86. The number of nitrogens with zero attached hydrogens (tertiary/aromatic N) is 8. The van der Waals surface area contributed by atoms with Crippen LogP contribution in [-0.2, 0) is 13.6 Å². The average Bonchev–Trinajstić information content (AvgIpc) is 3.37. The average molecular weight is 415 g/mol. The van der Waals surface area contributed by atoms with Gasteiger partial charge in [0.1, 0.15) is 36.4 Å². The van der Waals surface area contributed by atoms with Crippen LogP contribution in [0.5, 0.6) is 5.75 Å². The summed E-state index contributed by atoms with van der Waals surface area (Å²) in [7, 11) is 1.87. The lowest BCUT2D eigenvalue weighted by Crippen LogP contribution is -2.20. The second-order valence-electron chi connectivity index (χ2n) is 7.08. The minimum atomic E-state index is -0.204. The van der Waals surface area contributed by atoms with E-state index in [1.165, 1.54) is 6.33 Å². The third-order valence-electron chi connectivity index (χ3n) is 4.56. The Bertz CT molecular complexity index is 1210. The summed E-state index contributed by atoms with van der Waals surface area (Å²) in [5.74, 6) is 1.11. The van der Waals surface area contributed by atoms with Gasteiger partial charge in [-0.1, -0.05) is 6.07 Å². The highest BCUT2D eigenvalue weighted by atomic mass is 16.5. The van der Waals surface area contributed by atoms with E-state index < -0.39 is 0 Å². The van der Waals surface area contributed by atoms with Gasteiger partial charge in [0.25, 0.3) is 0 Å². The van der Waals surface area contributed by atoms with Crippen molar-refractivity contribution in [2.75, 3.05) is 5.32 Å². The highest BCUT2D eigenvalue weighted by molar-refractivity contribution is 5.65. The molecule has 4 rings (SSSR count). The van der Waals surface area contributed by atoms with Crippen molar-refractivity contribution in [3.8, 4) is 23.1 Å². The lowest BCUT2D eigenvalue weighted by Gasteiger charge is -2.16. The molecule has 0 radical (unpaired) electrons. The van der Waals surface area contributed by atoms with Crippen LogP contribution in [-0.4, -0.2) is 40.6 Å². The number of anilines is 2. The summed E-state index contributed by atoms with van der Waals surface area (Å²) in [6.07, 6.45) is 8.12. The van der Waals surface area contributed by atoms with Crippen molar-refractivity contribution in [2.45, 2.75) is 26.5 Å². The number of aryl methyl sites for hydroxylation is 2. The zero-order valence-electron chi connectivity index (χ0n) is 17.4. The number of nitrogens with one attached hydrogen (secondary N) is 1. The van der Waals surface area contributed by atoms with E-state index in [2.05, 4.69) is 36.5 Å². The SMILES string of the molecule is Cc1nn(C)cc1Nc1cnc(-c2ccc(C#N)c(OC(C)Cn3cncn3)c2)cn1. The topological polar surface area (TPSA) is 119 Å². The molecule has 1 N–H and O–H groups in total. The molecule has 0 spiro atoms. The molecular formula is C21H21N9O. The summed E-state index contributed by atoms with van der Waals surface area (Å²) < 4.78 is 9.43. The lowest BCUT2D eigenvalue weighted by molar-refractivity contribution is 0.193. The van der Waals surface area contributed by atoms with Crippen molar-refractivity contribution in [2.24, 2.45) is 7.05 Å². The molecule has 10 heteroatoms. The molecule has 4 aromatic rings. The zero-order valence-corrected chi connectivity index (χ0v) is 17.4. The van der Waals surface area contributed by atoms with Crippen molar-refractivity contribution < 1.29 is 4.74 Å². The first-order valence-electron chi connectivity index (χ1n) is 9.64. The van der Waals surface area contributed by atoms with E-state index in [9.17, 15) is 5.26 Å². The molecule has 0 aliphatic carbocycles. The molecule has 0 saturated heterocycles. The highest BCUT2D eigenvalue weighted by Crippen LogP contribution is 2.27. The minimum absolute atomic E-state index is 0.204. The van der Waals surface area contributed by atoms with Gasteiger partial charge in [0.15, 0.2) is 0 Å². The first-order chi connectivity index (χ1) is 15.0. The van der Waals surface area contributed by atoms with Crippen molar-refractivity contribution in [3.05, 3.63) is 60.7 Å². The molecule has 1 aromatic carbocycles. The summed E-state index contributed by atoms with van der Waals surface area (Å²) in [5.41, 5.74) is 3.68. The summed E-state index contributed by atoms with van der Waals surface area (Å²) in [5, 5.41) is 21.0. The quantitative estimate of drug-likeness (QED) is 0.489. The maximum atomic E-state index is 9.45. The van der Waals surface area contributed by atoms with E-state index >= 15 is 0 Å². The Labute approximate surface area is 179 Å². The molecule has 0 aliphatic heterocycles. The second-order valence-corrected chi connectivity index (χ2v) is 7.08. The van der Waals surface area contributed by atoms with E-state index in [4.69, 9.17) is 4.74 Å². The van der Waals surface area contributed by atoms with Gasteiger partial charge in [-0.05, 0) is 26.0 Å². The van der Waals surface area contributed by atoms with E-state index in [1.807, 2.05) is 33.2 Å². The Morgan fingerprint density at radius 3 is 2.77 bits per heavy atom. The number of aromatic nitrogens is 7. The third-order valence-corrected chi connectivity index (χ3v) is 4.56. The van der Waals surface area contributed by atoms with Crippen LogP contribution in [0, 0.1) is 18.3 Å². The van der Waals surface area contributed by atoms with E-state index in [0.29, 0.717) is 29.4 Å². The number of hydrogen-bond acceptors (Lipinski definition) is 8. The number of hydrogen-bond donors (Lipinski definition) is 1. The Kier molecular flexibility index (Phi) is 5.57. The first kappa shape index (κ1) is 20.0. The maximum Gasteiger partial charge on any atom is 0.149 e. The van der Waals surface area contributed by atoms with Gasteiger partial charge < -0.3 is 10.1 Å². The molecule has 3 aromatic heterocycles. The van der Waals surface area contributed by atoms with Gasteiger partial charge >= 0.3 is 0 Å². The Balaban J connectivity index is 1.51.